The lowest BCUT2D eigenvalue weighted by Crippen LogP contribution is -2.49. The first kappa shape index (κ1) is 37.1. The number of nitrogens with zero attached hydrogens (tertiary/aromatic N) is 4. The summed E-state index contributed by atoms with van der Waals surface area (Å²) in [6.45, 7) is 3.84. The van der Waals surface area contributed by atoms with Crippen LogP contribution in [0.5, 0.6) is 17.5 Å². The molecule has 0 saturated heterocycles. The Morgan fingerprint density at radius 3 is 2.70 bits per heavy atom. The molecule has 2 aromatic carbocycles. The summed E-state index contributed by atoms with van der Waals surface area (Å²) in [6, 6.07) is 12.8. The molecule has 2 aliphatic heterocycles. The van der Waals surface area contributed by atoms with Crippen molar-refractivity contribution in [3.8, 4) is 17.5 Å². The Morgan fingerprint density at radius 2 is 1.94 bits per heavy atom. The van der Waals surface area contributed by atoms with E-state index < -0.39 is 21.7 Å². The van der Waals surface area contributed by atoms with Gasteiger partial charge in [-0.2, -0.15) is 0 Å². The molecule has 1 N–H and O–H groups in total. The summed E-state index contributed by atoms with van der Waals surface area (Å²) >= 11 is 6.46. The van der Waals surface area contributed by atoms with E-state index in [1.807, 2.05) is 19.1 Å². The van der Waals surface area contributed by atoms with Crippen molar-refractivity contribution in [3.63, 3.8) is 0 Å². The van der Waals surface area contributed by atoms with Gasteiger partial charge in [0.25, 0.3) is 11.8 Å². The number of hydrogen-bond donors (Lipinski definition) is 1. The van der Waals surface area contributed by atoms with Crippen molar-refractivity contribution < 1.29 is 32.7 Å². The minimum Gasteiger partial charge on any atom is -0.490 e. The molecule has 2 bridgehead atoms. The number of fused-ring (bicyclic) bond motifs is 4. The Bertz CT molecular complexity index is 2050. The van der Waals surface area contributed by atoms with Crippen molar-refractivity contribution in [1.29, 1.82) is 0 Å². The highest BCUT2D eigenvalue weighted by Crippen LogP contribution is 2.47. The molecule has 1 unspecified atom stereocenters. The molecule has 3 heterocycles. The van der Waals surface area contributed by atoms with Gasteiger partial charge in [0.1, 0.15) is 21.2 Å². The van der Waals surface area contributed by atoms with Crippen molar-refractivity contribution in [2.75, 3.05) is 51.7 Å². The van der Waals surface area contributed by atoms with Crippen LogP contribution in [0.15, 0.2) is 59.0 Å². The number of rotatable bonds is 5. The topological polar surface area (TPSA) is 142 Å². The van der Waals surface area contributed by atoms with Gasteiger partial charge in [-0.1, -0.05) is 36.7 Å². The molecule has 3 aromatic rings. The quantitative estimate of drug-likeness (QED) is 0.298. The van der Waals surface area contributed by atoms with E-state index in [1.165, 1.54) is 31.4 Å². The van der Waals surface area contributed by atoms with Gasteiger partial charge in [-0.15, -0.1) is 14.6 Å². The first-order valence-corrected chi connectivity index (χ1v) is 20.2. The van der Waals surface area contributed by atoms with E-state index in [0.717, 1.165) is 49.4 Å². The molecule has 7 rings (SSSR count). The first-order valence-electron chi connectivity index (χ1n) is 18.1. The normalized spacial score (nSPS) is 28.9. The predicted octanol–water partition coefficient (Wildman–Crippen LogP) is 6.21. The number of allylic oxidation sites excluding steroid dienone is 1. The lowest BCUT2D eigenvalue weighted by molar-refractivity contribution is 0.0131. The maximum atomic E-state index is 14.7. The minimum absolute atomic E-state index is 0.0549. The Labute approximate surface area is 315 Å². The van der Waals surface area contributed by atoms with E-state index in [2.05, 4.69) is 42.4 Å². The van der Waals surface area contributed by atoms with Gasteiger partial charge < -0.3 is 23.8 Å². The standard InChI is InChI=1S/C39H46ClN5O7S/c1-24-7-5-9-33(49-2)29-13-10-27(29)20-45-22-39(16-6-8-25-17-28(40)12-14-31(25)39)23-52-34-15-11-26(18-32(34)45)36(46)43-53(48,21-24)44-37(47)30-19-35(50-3)41-42-38(30)51-4/h5,9,11-12,14-15,17-19,24,27,29,33H,6-8,10,13,16,20-23H2,1-4H3,(H,43,44,46,47,48)/b9-5-/t24-,27-,29+,33-,39-,53?/m0/s1. The lowest BCUT2D eigenvalue weighted by atomic mass is 9.68. The Balaban J connectivity index is 1.30. The molecule has 12 nitrogen and oxygen atoms in total. The largest absolute Gasteiger partial charge is 0.490 e. The number of aromatic nitrogens is 2. The maximum absolute atomic E-state index is 14.7. The monoisotopic (exact) mass is 763 g/mol. The van der Waals surface area contributed by atoms with E-state index in [9.17, 15) is 13.8 Å². The number of hydrogen-bond acceptors (Lipinski definition) is 10. The van der Waals surface area contributed by atoms with Crippen molar-refractivity contribution in [3.05, 3.63) is 81.9 Å². The van der Waals surface area contributed by atoms with Gasteiger partial charge in [0.05, 0.1) is 38.4 Å². The van der Waals surface area contributed by atoms with Crippen molar-refractivity contribution in [2.24, 2.45) is 22.1 Å². The minimum atomic E-state index is -3.67. The zero-order chi connectivity index (χ0) is 37.3. The third-order valence-corrected chi connectivity index (χ3v) is 13.4. The number of anilines is 1. The zero-order valence-corrected chi connectivity index (χ0v) is 32.1. The number of amides is 2. The SMILES string of the molecule is COc1cc(C(=O)NS2(=O)=NC(=O)c3ccc4c(c3)N(C[C@@H]3CC[C@H]3[C@@H](OC)/C=C\C[C@H](C)C2)C[C@@]2(CCCc3cc(Cl)ccc32)CO4)c(OC)nn1. The molecule has 4 aliphatic rings. The molecule has 2 amide bonds. The second-order valence-corrected chi connectivity index (χ2v) is 17.1. The van der Waals surface area contributed by atoms with Crippen LogP contribution in [0.1, 0.15) is 70.9 Å². The second-order valence-electron chi connectivity index (χ2n) is 14.7. The smallest absolute Gasteiger partial charge is 0.286 e. The molecule has 1 aromatic heterocycles. The summed E-state index contributed by atoms with van der Waals surface area (Å²) in [5.74, 6) is -0.466. The maximum Gasteiger partial charge on any atom is 0.286 e. The van der Waals surface area contributed by atoms with E-state index >= 15 is 0 Å². The number of carbonyl (C=O) groups excluding carboxylic acids is 2. The number of methoxy groups -OCH3 is 3. The van der Waals surface area contributed by atoms with Crippen LogP contribution in [0.2, 0.25) is 5.02 Å². The molecule has 0 radical (unpaired) electrons. The molecule has 1 spiro atoms. The number of aryl methyl sites for hydroxylation is 1. The highest BCUT2D eigenvalue weighted by Gasteiger charge is 2.44. The Morgan fingerprint density at radius 1 is 1.09 bits per heavy atom. The van der Waals surface area contributed by atoms with Crippen molar-refractivity contribution in [2.45, 2.75) is 57.0 Å². The van der Waals surface area contributed by atoms with Crippen LogP contribution < -0.4 is 23.8 Å². The average Bonchev–Trinajstić information content (AvgIpc) is 3.28. The van der Waals surface area contributed by atoms with Crippen molar-refractivity contribution in [1.82, 2.24) is 14.9 Å². The molecular weight excluding hydrogens is 718 g/mol. The summed E-state index contributed by atoms with van der Waals surface area (Å²) < 4.78 is 44.6. The Kier molecular flexibility index (Phi) is 10.7. The average molecular weight is 764 g/mol. The van der Waals surface area contributed by atoms with Gasteiger partial charge >= 0.3 is 0 Å². The molecule has 1 saturated carbocycles. The number of halogens is 1. The van der Waals surface area contributed by atoms with Gasteiger partial charge in [-0.3, -0.25) is 14.3 Å². The van der Waals surface area contributed by atoms with Gasteiger partial charge in [0, 0.05) is 42.3 Å². The summed E-state index contributed by atoms with van der Waals surface area (Å²) in [5.41, 5.74) is 3.20. The van der Waals surface area contributed by atoms with Gasteiger partial charge in [0.2, 0.25) is 11.8 Å². The van der Waals surface area contributed by atoms with Crippen LogP contribution in [0, 0.1) is 17.8 Å². The van der Waals surface area contributed by atoms with Gasteiger partial charge in [-0.05, 0) is 97.7 Å². The number of nitrogens with one attached hydrogen (secondary N) is 1. The lowest BCUT2D eigenvalue weighted by Gasteiger charge is -2.46. The van der Waals surface area contributed by atoms with Crippen LogP contribution >= 0.6 is 11.6 Å². The predicted molar refractivity (Wildman–Crippen MR) is 203 cm³/mol. The van der Waals surface area contributed by atoms with Gasteiger partial charge in [-0.25, -0.2) is 4.21 Å². The van der Waals surface area contributed by atoms with E-state index in [4.69, 9.17) is 30.5 Å². The fraction of sp³-hybridized carbons (Fsp3) is 0.487. The molecule has 1 fully saturated rings. The highest BCUT2D eigenvalue weighted by atomic mass is 35.5. The summed E-state index contributed by atoms with van der Waals surface area (Å²) in [5, 5.41) is 8.47. The molecule has 14 heteroatoms. The summed E-state index contributed by atoms with van der Waals surface area (Å²) in [6.07, 6.45) is 9.63. The first-order chi connectivity index (χ1) is 25.5. The van der Waals surface area contributed by atoms with Crippen LogP contribution in [0.4, 0.5) is 5.69 Å². The van der Waals surface area contributed by atoms with Crippen LogP contribution in [0.3, 0.4) is 0 Å². The van der Waals surface area contributed by atoms with Crippen molar-refractivity contribution >= 4 is 39.0 Å². The van der Waals surface area contributed by atoms with Crippen LogP contribution in [-0.4, -0.2) is 79.1 Å². The van der Waals surface area contributed by atoms with Gasteiger partial charge in [0.15, 0.2) is 0 Å². The third-order valence-electron chi connectivity index (χ3n) is 11.2. The van der Waals surface area contributed by atoms with E-state index in [1.54, 1.807) is 25.3 Å². The zero-order valence-electron chi connectivity index (χ0n) is 30.5. The van der Waals surface area contributed by atoms with Crippen LogP contribution in [0.25, 0.3) is 0 Å². The number of carbonyl (C=O) groups is 2. The fourth-order valence-corrected chi connectivity index (χ4v) is 10.4. The number of benzene rings is 2. The second kappa shape index (κ2) is 15.3. The Hall–Kier alpha value is -4.20. The van der Waals surface area contributed by atoms with E-state index in [0.29, 0.717) is 37.2 Å². The molecular formula is C39H46ClN5O7S. The fourth-order valence-electron chi connectivity index (χ4n) is 8.34. The molecule has 2 aliphatic carbocycles. The summed E-state index contributed by atoms with van der Waals surface area (Å²) in [4.78, 5) is 30.1. The van der Waals surface area contributed by atoms with E-state index in [-0.39, 0.29) is 46.1 Å². The highest BCUT2D eigenvalue weighted by molar-refractivity contribution is 7.92. The molecule has 53 heavy (non-hydrogen) atoms. The molecule has 6 atom stereocenters. The number of ether oxygens (including phenoxy) is 4. The summed E-state index contributed by atoms with van der Waals surface area (Å²) in [7, 11) is 0.804. The molecule has 282 valence electrons. The van der Waals surface area contributed by atoms with Crippen LogP contribution in [-0.2, 0) is 26.5 Å². The third kappa shape index (κ3) is 7.61.